The molecule has 4 aromatic carbocycles. The van der Waals surface area contributed by atoms with Crippen LogP contribution < -0.4 is 0 Å². The number of pyridine rings is 1. The third kappa shape index (κ3) is 3.59. The highest BCUT2D eigenvalue weighted by molar-refractivity contribution is 6.07. The quantitative estimate of drug-likeness (QED) is 0.272. The number of H-pyrrole nitrogens is 1. The number of imidazole rings is 1. The highest BCUT2D eigenvalue weighted by Crippen LogP contribution is 2.44. The summed E-state index contributed by atoms with van der Waals surface area (Å²) >= 11 is 0. The summed E-state index contributed by atoms with van der Waals surface area (Å²) in [5.74, 6) is 0.793. The van der Waals surface area contributed by atoms with Crippen LogP contribution in [0.5, 0.6) is 0 Å². The second-order valence-electron chi connectivity index (χ2n) is 9.58. The van der Waals surface area contributed by atoms with Crippen molar-refractivity contribution in [2.75, 3.05) is 0 Å². The number of hydrogen-bond donors (Lipinski definition) is 1. The Labute approximate surface area is 220 Å². The Bertz CT molecular complexity index is 1880. The van der Waals surface area contributed by atoms with Crippen LogP contribution in [0.1, 0.15) is 11.3 Å². The number of rotatable bonds is 4. The van der Waals surface area contributed by atoms with Gasteiger partial charge < -0.3 is 4.98 Å². The molecule has 0 aliphatic rings. The molecule has 5 heteroatoms. The Kier molecular flexibility index (Phi) is 5.15. The van der Waals surface area contributed by atoms with Gasteiger partial charge in [-0.2, -0.15) is 5.10 Å². The number of nitrogens with one attached hydrogen (secondary N) is 1. The highest BCUT2D eigenvalue weighted by Gasteiger charge is 2.26. The molecule has 182 valence electrons. The van der Waals surface area contributed by atoms with Crippen molar-refractivity contribution in [3.63, 3.8) is 0 Å². The van der Waals surface area contributed by atoms with Gasteiger partial charge in [-0.15, -0.1) is 0 Å². The second-order valence-corrected chi connectivity index (χ2v) is 9.58. The molecule has 0 bridgehead atoms. The maximum Gasteiger partial charge on any atom is 0.164 e. The van der Waals surface area contributed by atoms with E-state index in [-0.39, 0.29) is 0 Å². The number of hydrogen-bond acceptors (Lipinski definition) is 3. The summed E-state index contributed by atoms with van der Waals surface area (Å²) in [6.45, 7) is 4.17. The zero-order chi connectivity index (χ0) is 25.6. The fourth-order valence-electron chi connectivity index (χ4n) is 5.18. The molecule has 0 fully saturated rings. The summed E-state index contributed by atoms with van der Waals surface area (Å²) in [5.41, 5.74) is 10.9. The summed E-state index contributed by atoms with van der Waals surface area (Å²) in [7, 11) is 0. The number of aryl methyl sites for hydroxylation is 2. The maximum absolute atomic E-state index is 5.33. The van der Waals surface area contributed by atoms with Crippen molar-refractivity contribution in [2.24, 2.45) is 0 Å². The normalized spacial score (nSPS) is 11.4. The van der Waals surface area contributed by atoms with Gasteiger partial charge in [0, 0.05) is 11.1 Å². The largest absolute Gasteiger partial charge is 0.338 e. The summed E-state index contributed by atoms with van der Waals surface area (Å²) < 4.78 is 1.96. The van der Waals surface area contributed by atoms with Crippen LogP contribution in [-0.4, -0.2) is 24.7 Å². The van der Waals surface area contributed by atoms with Crippen molar-refractivity contribution in [2.45, 2.75) is 13.8 Å². The summed E-state index contributed by atoms with van der Waals surface area (Å²) in [6.07, 6.45) is 0. The molecule has 5 nitrogen and oxygen atoms in total. The Hall–Kier alpha value is -5.03. The van der Waals surface area contributed by atoms with E-state index in [4.69, 9.17) is 15.1 Å². The van der Waals surface area contributed by atoms with Crippen LogP contribution in [0.2, 0.25) is 0 Å². The van der Waals surface area contributed by atoms with E-state index < -0.39 is 0 Å². The average molecular weight is 492 g/mol. The third-order valence-corrected chi connectivity index (χ3v) is 7.00. The fourth-order valence-corrected chi connectivity index (χ4v) is 5.18. The van der Waals surface area contributed by atoms with Gasteiger partial charge in [-0.3, -0.25) is 0 Å². The van der Waals surface area contributed by atoms with E-state index in [9.17, 15) is 0 Å². The molecule has 0 atom stereocenters. The summed E-state index contributed by atoms with van der Waals surface area (Å²) in [5, 5.41) is 6.02. The van der Waals surface area contributed by atoms with Crippen molar-refractivity contribution in [1.29, 1.82) is 0 Å². The molecule has 0 amide bonds. The first-order chi connectivity index (χ1) is 18.7. The lowest BCUT2D eigenvalue weighted by molar-refractivity contribution is 0.878. The zero-order valence-corrected chi connectivity index (χ0v) is 21.2. The topological polar surface area (TPSA) is 59.4 Å². The minimum Gasteiger partial charge on any atom is -0.338 e. The fraction of sp³-hybridized carbons (Fsp3) is 0.0606. The molecular weight excluding hydrogens is 466 g/mol. The van der Waals surface area contributed by atoms with Crippen molar-refractivity contribution in [3.05, 3.63) is 120 Å². The van der Waals surface area contributed by atoms with Gasteiger partial charge in [0.25, 0.3) is 0 Å². The number of aromatic amines is 1. The Balaban J connectivity index is 1.67. The van der Waals surface area contributed by atoms with Gasteiger partial charge in [-0.25, -0.2) is 14.6 Å². The van der Waals surface area contributed by atoms with Crippen LogP contribution in [0.15, 0.2) is 109 Å². The van der Waals surface area contributed by atoms with Gasteiger partial charge in [0.2, 0.25) is 0 Å². The van der Waals surface area contributed by atoms with E-state index >= 15 is 0 Å². The van der Waals surface area contributed by atoms with Gasteiger partial charge in [0.1, 0.15) is 5.82 Å². The number of para-hydroxylation sites is 3. The molecule has 1 N–H and O–H groups in total. The number of aromatic nitrogens is 5. The molecule has 7 aromatic rings. The minimum atomic E-state index is 0.793. The molecule has 0 spiro atoms. The van der Waals surface area contributed by atoms with Gasteiger partial charge in [0.15, 0.2) is 5.65 Å². The standard InChI is InChI=1S/C33H25N5/c1-21-17-19-23(20-18-21)29-28-22(2)37-38(25-13-7-4-8-14-25)33(28)36-31(24-11-5-3-6-12-24)30(29)32-34-26-15-9-10-16-27(26)35-32/h3-20H,1-2H3,(H,34,35). The lowest BCUT2D eigenvalue weighted by atomic mass is 9.92. The lowest BCUT2D eigenvalue weighted by Crippen LogP contribution is -2.01. The molecule has 38 heavy (non-hydrogen) atoms. The minimum absolute atomic E-state index is 0.793. The summed E-state index contributed by atoms with van der Waals surface area (Å²) in [4.78, 5) is 14.0. The average Bonchev–Trinajstić information content (AvgIpc) is 3.54. The van der Waals surface area contributed by atoms with Crippen LogP contribution in [0.4, 0.5) is 0 Å². The van der Waals surface area contributed by atoms with E-state index in [1.54, 1.807) is 0 Å². The number of nitrogens with zero attached hydrogens (tertiary/aromatic N) is 4. The van der Waals surface area contributed by atoms with Gasteiger partial charge in [-0.05, 0) is 43.7 Å². The Morgan fingerprint density at radius 1 is 0.632 bits per heavy atom. The second kappa shape index (κ2) is 8.82. The summed E-state index contributed by atoms with van der Waals surface area (Å²) in [6, 6.07) is 37.4. The molecule has 0 saturated carbocycles. The van der Waals surface area contributed by atoms with Gasteiger partial charge in [-0.1, -0.05) is 90.5 Å². The lowest BCUT2D eigenvalue weighted by Gasteiger charge is -2.16. The first kappa shape index (κ1) is 22.2. The monoisotopic (exact) mass is 491 g/mol. The predicted octanol–water partition coefficient (Wildman–Crippen LogP) is 7.91. The zero-order valence-electron chi connectivity index (χ0n) is 21.2. The van der Waals surface area contributed by atoms with Crippen molar-refractivity contribution < 1.29 is 0 Å². The number of benzene rings is 4. The molecule has 0 unspecified atom stereocenters. The number of fused-ring (bicyclic) bond motifs is 2. The van der Waals surface area contributed by atoms with Gasteiger partial charge in [0.05, 0.1) is 39.1 Å². The van der Waals surface area contributed by atoms with E-state index in [1.165, 1.54) is 5.56 Å². The molecule has 3 aromatic heterocycles. The van der Waals surface area contributed by atoms with Crippen LogP contribution in [-0.2, 0) is 0 Å². The molecule has 0 aliphatic heterocycles. The SMILES string of the molecule is Cc1ccc(-c2c(-c3nc4ccccc4[nH]3)c(-c3ccccc3)nc3c2c(C)nn3-c2ccccc2)cc1. The smallest absolute Gasteiger partial charge is 0.164 e. The van der Waals surface area contributed by atoms with Gasteiger partial charge >= 0.3 is 0 Å². The molecular formula is C33H25N5. The van der Waals surface area contributed by atoms with Crippen molar-refractivity contribution >= 4 is 22.1 Å². The first-order valence-electron chi connectivity index (χ1n) is 12.7. The molecule has 0 radical (unpaired) electrons. The van der Waals surface area contributed by atoms with E-state index in [0.29, 0.717) is 0 Å². The maximum atomic E-state index is 5.33. The van der Waals surface area contributed by atoms with Crippen LogP contribution >= 0.6 is 0 Å². The first-order valence-corrected chi connectivity index (χ1v) is 12.7. The van der Waals surface area contributed by atoms with Crippen molar-refractivity contribution in [1.82, 2.24) is 24.7 Å². The third-order valence-electron chi connectivity index (χ3n) is 7.00. The Morgan fingerprint density at radius 2 is 1.32 bits per heavy atom. The van der Waals surface area contributed by atoms with Crippen LogP contribution in [0, 0.1) is 13.8 Å². The molecule has 3 heterocycles. The van der Waals surface area contributed by atoms with E-state index in [1.807, 2.05) is 47.1 Å². The molecule has 7 rings (SSSR count). The Morgan fingerprint density at radius 3 is 2.05 bits per heavy atom. The predicted molar refractivity (Wildman–Crippen MR) is 154 cm³/mol. The molecule has 0 aliphatic carbocycles. The van der Waals surface area contributed by atoms with Crippen LogP contribution in [0.3, 0.4) is 0 Å². The van der Waals surface area contributed by atoms with Crippen molar-refractivity contribution in [3.8, 4) is 39.5 Å². The molecule has 0 saturated heterocycles. The van der Waals surface area contributed by atoms with E-state index in [0.717, 1.165) is 67.2 Å². The highest BCUT2D eigenvalue weighted by atomic mass is 15.3. The van der Waals surface area contributed by atoms with Crippen LogP contribution in [0.25, 0.3) is 61.5 Å². The van der Waals surface area contributed by atoms with E-state index in [2.05, 4.69) is 85.6 Å².